The van der Waals surface area contributed by atoms with E-state index in [1.807, 2.05) is 0 Å². The van der Waals surface area contributed by atoms with Crippen molar-refractivity contribution < 1.29 is 97.5 Å². The Kier molecular flexibility index (Phi) is 18.0. The highest BCUT2D eigenvalue weighted by molar-refractivity contribution is 6.19. The number of aliphatic hydroxyl groups excluding tert-OH is 4. The van der Waals surface area contributed by atoms with Crippen molar-refractivity contribution in [3.05, 3.63) is 36.5 Å². The van der Waals surface area contributed by atoms with Crippen LogP contribution in [0.5, 0.6) is 0 Å². The highest BCUT2D eigenvalue weighted by Gasteiger charge is 2.78. The Bertz CT molecular complexity index is 1820. The van der Waals surface area contributed by atoms with Gasteiger partial charge in [0, 0.05) is 37.5 Å². The smallest absolute Gasteiger partial charge is 0.330 e. The lowest BCUT2D eigenvalue weighted by atomic mass is 9.63. The molecule has 3 rings (SSSR count). The van der Waals surface area contributed by atoms with Gasteiger partial charge >= 0.3 is 35.8 Å². The zero-order valence-corrected chi connectivity index (χ0v) is 35.2. The molecule has 0 unspecified atom stereocenters. The number of carbonyl (C=O) groups is 9. The predicted octanol–water partition coefficient (Wildman–Crippen LogP) is -0.0935. The van der Waals surface area contributed by atoms with E-state index in [1.165, 1.54) is 27.7 Å². The molecule has 0 spiro atoms. The third-order valence-electron chi connectivity index (χ3n) is 11.2. The maximum Gasteiger partial charge on any atom is 0.330 e. The molecule has 2 heterocycles. The zero-order chi connectivity index (χ0) is 46.9. The molecule has 3 aliphatic rings. The molecule has 0 saturated heterocycles. The van der Waals surface area contributed by atoms with E-state index in [-0.39, 0.29) is 12.8 Å². The van der Waals surface area contributed by atoms with Gasteiger partial charge in [-0.05, 0) is 85.5 Å². The number of hydrogen-bond acceptors (Lipinski definition) is 19. The van der Waals surface area contributed by atoms with Crippen molar-refractivity contribution in [1.82, 2.24) is 0 Å². The number of carbonyl (C=O) groups excluding carboxylic acids is 8. The van der Waals surface area contributed by atoms with Gasteiger partial charge in [-0.15, -0.1) is 0 Å². The van der Waals surface area contributed by atoms with Gasteiger partial charge in [0.25, 0.3) is 0 Å². The Morgan fingerprint density at radius 1 is 0.839 bits per heavy atom. The van der Waals surface area contributed by atoms with Crippen LogP contribution >= 0.6 is 0 Å². The van der Waals surface area contributed by atoms with Gasteiger partial charge in [0.2, 0.25) is 0 Å². The average Bonchev–Trinajstić information content (AvgIpc) is 3.40. The van der Waals surface area contributed by atoms with Crippen molar-refractivity contribution in [2.75, 3.05) is 0 Å². The third-order valence-corrected chi connectivity index (χ3v) is 11.2. The van der Waals surface area contributed by atoms with Crippen molar-refractivity contribution in [2.45, 2.75) is 147 Å². The molecular formula is C42H56O20. The van der Waals surface area contributed by atoms with Crippen LogP contribution in [0.25, 0.3) is 0 Å². The molecule has 0 aromatic rings. The summed E-state index contributed by atoms with van der Waals surface area (Å²) in [6.45, 7) is 7.60. The summed E-state index contributed by atoms with van der Waals surface area (Å²) < 4.78 is 26.8. The van der Waals surface area contributed by atoms with E-state index in [1.54, 1.807) is 0 Å². The minimum atomic E-state index is -3.47. The summed E-state index contributed by atoms with van der Waals surface area (Å²) in [4.78, 5) is 124. The molecule has 1 saturated carbocycles. The molecule has 0 amide bonds. The summed E-state index contributed by atoms with van der Waals surface area (Å²) in [6.07, 6.45) is -11.8. The monoisotopic (exact) mass is 880 g/mol. The number of rotatable bonds is 11. The second kappa shape index (κ2) is 21.8. The number of ether oxygens (including phenoxy) is 5. The van der Waals surface area contributed by atoms with E-state index in [9.17, 15) is 69.0 Å². The summed E-state index contributed by atoms with van der Waals surface area (Å²) in [5, 5.41) is 64.4. The normalized spacial score (nSPS) is 34.7. The first-order valence-corrected chi connectivity index (χ1v) is 20.2. The van der Waals surface area contributed by atoms with Gasteiger partial charge < -0.3 is 54.3 Å². The van der Waals surface area contributed by atoms with Crippen LogP contribution in [0.4, 0.5) is 0 Å². The highest BCUT2D eigenvalue weighted by atomic mass is 16.6. The fourth-order valence-corrected chi connectivity index (χ4v) is 7.58. The van der Waals surface area contributed by atoms with E-state index in [4.69, 9.17) is 23.7 Å². The van der Waals surface area contributed by atoms with E-state index < -0.39 is 169 Å². The first-order chi connectivity index (χ1) is 28.9. The maximum absolute atomic E-state index is 15.3. The molecule has 2 bridgehead atoms. The summed E-state index contributed by atoms with van der Waals surface area (Å²) in [7, 11) is 0. The van der Waals surface area contributed by atoms with E-state index in [0.717, 1.165) is 50.3 Å². The minimum Gasteiger partial charge on any atom is -0.481 e. The van der Waals surface area contributed by atoms with Gasteiger partial charge in [-0.3, -0.25) is 28.8 Å². The van der Waals surface area contributed by atoms with Crippen LogP contribution in [0.3, 0.4) is 0 Å². The van der Waals surface area contributed by atoms with Gasteiger partial charge in [0.15, 0.2) is 11.2 Å². The molecule has 6 N–H and O–H groups in total. The summed E-state index contributed by atoms with van der Waals surface area (Å²) >= 11 is 0. The number of ketones is 3. The van der Waals surface area contributed by atoms with Crippen LogP contribution in [0.15, 0.2) is 36.5 Å². The fourth-order valence-electron chi connectivity index (χ4n) is 7.58. The summed E-state index contributed by atoms with van der Waals surface area (Å²) in [6, 6.07) is 0. The first kappa shape index (κ1) is 51.2. The van der Waals surface area contributed by atoms with Crippen LogP contribution in [0.2, 0.25) is 0 Å². The maximum atomic E-state index is 15.3. The number of carboxylic acids is 1. The lowest BCUT2D eigenvalue weighted by molar-refractivity contribution is -0.188. The lowest BCUT2D eigenvalue weighted by Crippen LogP contribution is -2.57. The topological polar surface area (TPSA) is 321 Å². The second-order valence-corrected chi connectivity index (χ2v) is 16.1. The van der Waals surface area contributed by atoms with Crippen LogP contribution < -0.4 is 0 Å². The lowest BCUT2D eigenvalue weighted by Gasteiger charge is -2.37. The number of fused-ring (bicyclic) bond motifs is 5. The average molecular weight is 881 g/mol. The molecule has 14 atom stereocenters. The van der Waals surface area contributed by atoms with Gasteiger partial charge in [-0.1, -0.05) is 0 Å². The standard InChI is InChI=1S/C42H56O20/c1-20(58-32(49)14-11-28(45)23(4)43)7-9-26(44)19-27(37(52)53)42-36-35(31(48)10-8-21(2)59-33(50)15-12-29(46)24(5)61-38(36)54)41(57,39(42)55)18-17-22(3)60-34(51)16-13-30(47)25(6)62-40(42)56/h11-16,20-25,27-30,35-36,43,45-47,57H,7-10,17-19H2,1-6H3,(H,52,53)/b14-11+,15-12-,16-13-/t20-,21-,22-,23-,24-,25-,27-,28+,29+,30+,35-,36+,41-,42-/m0/s1. The number of carboxylic acid groups (broad SMARTS) is 1. The molecule has 1 aliphatic carbocycles. The Morgan fingerprint density at radius 3 is 1.94 bits per heavy atom. The summed E-state index contributed by atoms with van der Waals surface area (Å²) in [5.74, 6) is -19.8. The molecule has 1 fully saturated rings. The molecule has 20 heteroatoms. The van der Waals surface area contributed by atoms with Gasteiger partial charge in [0.05, 0.1) is 48.3 Å². The van der Waals surface area contributed by atoms with Gasteiger partial charge in [-0.25, -0.2) is 14.4 Å². The predicted molar refractivity (Wildman–Crippen MR) is 208 cm³/mol. The van der Waals surface area contributed by atoms with Crippen LogP contribution in [-0.4, -0.2) is 144 Å². The zero-order valence-electron chi connectivity index (χ0n) is 35.2. The number of aliphatic carboxylic acids is 1. The number of Topliss-reactive ketones (excluding diaryl/α,β-unsaturated/α-hetero) is 3. The second-order valence-electron chi connectivity index (χ2n) is 16.1. The van der Waals surface area contributed by atoms with Crippen molar-refractivity contribution in [1.29, 1.82) is 0 Å². The number of aliphatic hydroxyl groups is 5. The molecular weight excluding hydrogens is 824 g/mol. The quantitative estimate of drug-likeness (QED) is 0.0683. The van der Waals surface area contributed by atoms with Crippen molar-refractivity contribution in [3.8, 4) is 0 Å². The van der Waals surface area contributed by atoms with Crippen molar-refractivity contribution in [3.63, 3.8) is 0 Å². The largest absolute Gasteiger partial charge is 0.481 e. The number of esters is 5. The molecule has 0 aromatic heterocycles. The Morgan fingerprint density at radius 2 is 1.39 bits per heavy atom. The minimum absolute atomic E-state index is 0.260. The third kappa shape index (κ3) is 12.3. The van der Waals surface area contributed by atoms with Gasteiger partial charge in [0.1, 0.15) is 41.6 Å². The van der Waals surface area contributed by atoms with E-state index in [0.29, 0.717) is 0 Å². The summed E-state index contributed by atoms with van der Waals surface area (Å²) in [5.41, 5.74) is -6.62. The molecule has 0 aromatic carbocycles. The van der Waals surface area contributed by atoms with Crippen LogP contribution in [0.1, 0.15) is 86.5 Å². The molecule has 62 heavy (non-hydrogen) atoms. The van der Waals surface area contributed by atoms with Crippen LogP contribution in [0, 0.1) is 23.2 Å². The van der Waals surface area contributed by atoms with E-state index >= 15 is 4.79 Å². The molecule has 0 radical (unpaired) electrons. The number of hydrogen-bond donors (Lipinski definition) is 6. The van der Waals surface area contributed by atoms with Crippen molar-refractivity contribution >= 4 is 53.2 Å². The SMILES string of the molecule is C[C@H](O)[C@H](O)/C=C/C(=O)O[C@@H](C)CCC(=O)C[C@@H](C(=O)O)[C@@]12C(=O)O[C@@H](C)[C@H](O)/C=C\C(=O)O[C@@H](C)CC[C@@](O)(C1=O)[C@H]1C(=O)CC[C@H](C)OC(=O)/C=C\[C@@H](O)[C@H](C)OC(=O)[C@@H]12. The molecule has 2 aliphatic heterocycles. The van der Waals surface area contributed by atoms with Crippen molar-refractivity contribution in [2.24, 2.45) is 23.2 Å². The highest BCUT2D eigenvalue weighted by Crippen LogP contribution is 2.58. The Hall–Kier alpha value is -5.15. The Balaban J connectivity index is 2.29. The Labute approximate surface area is 356 Å². The molecule has 20 nitrogen and oxygen atoms in total. The molecule has 344 valence electrons. The van der Waals surface area contributed by atoms with Crippen LogP contribution in [-0.2, 0) is 66.8 Å². The fraction of sp³-hybridized carbons (Fsp3) is 0.643. The van der Waals surface area contributed by atoms with E-state index in [2.05, 4.69) is 0 Å². The first-order valence-electron chi connectivity index (χ1n) is 20.2. The van der Waals surface area contributed by atoms with Gasteiger partial charge in [-0.2, -0.15) is 0 Å². The number of cyclic esters (lactones) is 4.